The normalized spacial score (nSPS) is 20.6. The average molecular weight is 574 g/mol. The van der Waals surface area contributed by atoms with Crippen LogP contribution in [0, 0.1) is 0 Å². The van der Waals surface area contributed by atoms with Gasteiger partial charge in [0.2, 0.25) is 0 Å². The number of hydrogen-bond donors (Lipinski definition) is 0. The van der Waals surface area contributed by atoms with Gasteiger partial charge in [0.05, 0.1) is 35.6 Å². The fraction of sp³-hybridized carbons (Fsp3) is 0.571. The maximum absolute atomic E-state index is 13.1. The van der Waals surface area contributed by atoms with E-state index in [9.17, 15) is 4.57 Å². The fourth-order valence-corrected chi connectivity index (χ4v) is 4.91. The quantitative estimate of drug-likeness (QED) is 0.290. The summed E-state index contributed by atoms with van der Waals surface area (Å²) < 4.78 is 60.9. The highest BCUT2D eigenvalue weighted by Gasteiger charge is 2.53. The molecule has 4 rings (SSSR count). The lowest BCUT2D eigenvalue weighted by Gasteiger charge is -2.32. The van der Waals surface area contributed by atoms with Crippen LogP contribution >= 0.6 is 8.25 Å². The van der Waals surface area contributed by atoms with Gasteiger partial charge in [0.1, 0.15) is 23.0 Å². The molecule has 9 nitrogen and oxygen atoms in total. The van der Waals surface area contributed by atoms with Gasteiger partial charge >= 0.3 is 22.5 Å². The Balaban J connectivity index is 1.55. The van der Waals surface area contributed by atoms with Crippen molar-refractivity contribution in [1.82, 2.24) is 0 Å². The van der Waals surface area contributed by atoms with E-state index in [1.807, 2.05) is 81.4 Å². The minimum Gasteiger partial charge on any atom is -0.494 e. The van der Waals surface area contributed by atoms with Crippen LogP contribution in [0.15, 0.2) is 36.4 Å². The van der Waals surface area contributed by atoms with Gasteiger partial charge in [0, 0.05) is 12.1 Å². The fourth-order valence-electron chi connectivity index (χ4n) is 4.25. The van der Waals surface area contributed by atoms with Gasteiger partial charge in [-0.05, 0) is 104 Å². The zero-order valence-corrected chi connectivity index (χ0v) is 26.2. The molecule has 0 saturated carbocycles. The lowest BCUT2D eigenvalue weighted by Crippen LogP contribution is -2.41. The van der Waals surface area contributed by atoms with Crippen LogP contribution in [-0.4, -0.2) is 49.9 Å². The third-order valence-electron chi connectivity index (χ3n) is 7.88. The smallest absolute Gasteiger partial charge is 0.494 e. The number of rotatable bonds is 10. The first-order valence-electron chi connectivity index (χ1n) is 13.7. The number of benzene rings is 2. The molecule has 2 aromatic rings. The van der Waals surface area contributed by atoms with Gasteiger partial charge in [-0.15, -0.1) is 0 Å². The Morgan fingerprint density at radius 1 is 0.575 bits per heavy atom. The Bertz CT molecular complexity index is 1120. The summed E-state index contributed by atoms with van der Waals surface area (Å²) in [5.74, 6) is 1.71. The van der Waals surface area contributed by atoms with E-state index in [4.69, 9.17) is 37.1 Å². The molecular weight excluding hydrogens is 533 g/mol. The summed E-state index contributed by atoms with van der Waals surface area (Å²) in [6, 6.07) is 10.4. The van der Waals surface area contributed by atoms with E-state index in [-0.39, 0.29) is 0 Å². The molecular formula is C28H41B2O9P. The monoisotopic (exact) mass is 574 g/mol. The predicted octanol–water partition coefficient (Wildman–Crippen LogP) is 4.93. The summed E-state index contributed by atoms with van der Waals surface area (Å²) in [6.45, 7) is 20.5. The summed E-state index contributed by atoms with van der Waals surface area (Å²) >= 11 is 0. The van der Waals surface area contributed by atoms with Crippen LogP contribution in [0.25, 0.3) is 0 Å². The second-order valence-electron chi connectivity index (χ2n) is 12.0. The molecule has 0 bridgehead atoms. The van der Waals surface area contributed by atoms with E-state index >= 15 is 0 Å². The van der Waals surface area contributed by atoms with Crippen molar-refractivity contribution in [3.8, 4) is 23.0 Å². The molecule has 2 fully saturated rings. The van der Waals surface area contributed by atoms with Gasteiger partial charge in [-0.3, -0.25) is 0 Å². The molecule has 2 aromatic carbocycles. The number of ether oxygens (including phenoxy) is 2. The molecule has 0 amide bonds. The van der Waals surface area contributed by atoms with Crippen LogP contribution < -0.4 is 29.4 Å². The van der Waals surface area contributed by atoms with Gasteiger partial charge in [0.25, 0.3) is 0 Å². The Kier molecular flexibility index (Phi) is 8.66. The van der Waals surface area contributed by atoms with E-state index < -0.39 is 44.9 Å². The highest BCUT2D eigenvalue weighted by atomic mass is 31.1. The SMILES string of the molecule is CCOc1cc(O[PH](=O)Oc2cc(OCC)cc(B3OC(C)(C)C(C)(C)O3)c2)cc(B2OC(C)(C)C(C)(C)O2)c1. The molecule has 0 atom stereocenters. The largest absolute Gasteiger partial charge is 0.495 e. The minimum atomic E-state index is -3.05. The van der Waals surface area contributed by atoms with Crippen molar-refractivity contribution in [2.45, 2.75) is 91.6 Å². The first kappa shape index (κ1) is 30.8. The van der Waals surface area contributed by atoms with Crippen molar-refractivity contribution in [1.29, 1.82) is 0 Å². The van der Waals surface area contributed by atoms with Crippen LogP contribution in [-0.2, 0) is 23.2 Å². The zero-order valence-electron chi connectivity index (χ0n) is 25.2. The second kappa shape index (κ2) is 11.3. The standard InChI is InChI=1S/C28H41B2O9P/c1-11-32-21-13-19(29-36-25(3,4)26(5,6)37-29)15-23(17-21)34-40(31)35-24-16-20(14-22(18-24)33-12-2)30-38-27(7,8)28(9,10)39-30/h13-18,40H,11-12H2,1-10H3. The number of hydrogen-bond acceptors (Lipinski definition) is 9. The molecule has 2 heterocycles. The molecule has 0 aromatic heterocycles. The van der Waals surface area contributed by atoms with E-state index in [1.165, 1.54) is 0 Å². The lowest BCUT2D eigenvalue weighted by atomic mass is 9.79. The van der Waals surface area contributed by atoms with Crippen LogP contribution in [0.1, 0.15) is 69.2 Å². The van der Waals surface area contributed by atoms with Crippen molar-refractivity contribution in [2.75, 3.05) is 13.2 Å². The summed E-state index contributed by atoms with van der Waals surface area (Å²) in [7, 11) is -4.33. The third kappa shape index (κ3) is 6.50. The molecule has 2 aliphatic heterocycles. The molecule has 0 aliphatic carbocycles. The Hall–Kier alpha value is -2.16. The van der Waals surface area contributed by atoms with Crippen LogP contribution in [0.3, 0.4) is 0 Å². The highest BCUT2D eigenvalue weighted by Crippen LogP contribution is 2.39. The lowest BCUT2D eigenvalue weighted by molar-refractivity contribution is 0.00578. The van der Waals surface area contributed by atoms with E-state index in [0.29, 0.717) is 47.1 Å². The Labute approximate surface area is 239 Å². The summed E-state index contributed by atoms with van der Waals surface area (Å²) in [5, 5.41) is 0. The van der Waals surface area contributed by atoms with Crippen LogP contribution in [0.4, 0.5) is 0 Å². The molecule has 40 heavy (non-hydrogen) atoms. The minimum absolute atomic E-state index is 0.312. The first-order chi connectivity index (χ1) is 18.6. The molecule has 2 saturated heterocycles. The molecule has 0 radical (unpaired) electrons. The zero-order chi connectivity index (χ0) is 29.5. The van der Waals surface area contributed by atoms with Crippen LogP contribution in [0.5, 0.6) is 23.0 Å². The average Bonchev–Trinajstić information content (AvgIpc) is 3.18. The van der Waals surface area contributed by atoms with Gasteiger partial charge < -0.3 is 37.1 Å². The molecule has 2 aliphatic rings. The van der Waals surface area contributed by atoms with Gasteiger partial charge in [-0.1, -0.05) is 0 Å². The van der Waals surface area contributed by atoms with Crippen molar-refractivity contribution in [3.05, 3.63) is 36.4 Å². The van der Waals surface area contributed by atoms with Crippen molar-refractivity contribution >= 4 is 33.4 Å². The molecule has 0 N–H and O–H groups in total. The van der Waals surface area contributed by atoms with Gasteiger partial charge in [0.15, 0.2) is 0 Å². The molecule has 218 valence electrons. The highest BCUT2D eigenvalue weighted by molar-refractivity contribution is 7.34. The van der Waals surface area contributed by atoms with Crippen molar-refractivity contribution in [3.63, 3.8) is 0 Å². The van der Waals surface area contributed by atoms with E-state index in [2.05, 4.69) is 0 Å². The molecule has 0 unspecified atom stereocenters. The second-order valence-corrected chi connectivity index (χ2v) is 12.9. The summed E-state index contributed by atoms with van der Waals surface area (Å²) in [5.41, 5.74) is -0.685. The maximum Gasteiger partial charge on any atom is 0.495 e. The Morgan fingerprint density at radius 2 is 0.875 bits per heavy atom. The van der Waals surface area contributed by atoms with Gasteiger partial charge in [-0.25, -0.2) is 4.57 Å². The topological polar surface area (TPSA) is 90.9 Å². The Morgan fingerprint density at radius 3 is 1.18 bits per heavy atom. The van der Waals surface area contributed by atoms with Crippen LogP contribution in [0.2, 0.25) is 0 Å². The summed E-state index contributed by atoms with van der Waals surface area (Å²) in [6.07, 6.45) is 0. The maximum atomic E-state index is 13.1. The first-order valence-corrected chi connectivity index (χ1v) is 14.9. The molecule has 0 spiro atoms. The predicted molar refractivity (Wildman–Crippen MR) is 157 cm³/mol. The third-order valence-corrected chi connectivity index (χ3v) is 8.68. The van der Waals surface area contributed by atoms with Crippen molar-refractivity contribution < 1.29 is 41.7 Å². The molecule has 12 heteroatoms. The van der Waals surface area contributed by atoms with Crippen molar-refractivity contribution in [2.24, 2.45) is 0 Å². The van der Waals surface area contributed by atoms with Gasteiger partial charge in [-0.2, -0.15) is 0 Å². The summed E-state index contributed by atoms with van der Waals surface area (Å²) in [4.78, 5) is 0. The van der Waals surface area contributed by atoms with E-state index in [0.717, 1.165) is 0 Å². The van der Waals surface area contributed by atoms with E-state index in [1.54, 1.807) is 24.3 Å².